The summed E-state index contributed by atoms with van der Waals surface area (Å²) in [6, 6.07) is 2.89. The molecule has 0 radical (unpaired) electrons. The van der Waals surface area contributed by atoms with Gasteiger partial charge in [-0.15, -0.1) is 0 Å². The third-order valence-corrected chi connectivity index (χ3v) is 2.74. The van der Waals surface area contributed by atoms with E-state index in [9.17, 15) is 14.4 Å². The van der Waals surface area contributed by atoms with Gasteiger partial charge in [0.05, 0.1) is 18.7 Å². The van der Waals surface area contributed by atoms with E-state index in [1.807, 2.05) is 0 Å². The van der Waals surface area contributed by atoms with Gasteiger partial charge < -0.3 is 14.6 Å². The smallest absolute Gasteiger partial charge is 0.311 e. The van der Waals surface area contributed by atoms with E-state index in [0.717, 1.165) is 0 Å². The Hall–Kier alpha value is -2.11. The van der Waals surface area contributed by atoms with Crippen molar-refractivity contribution in [2.45, 2.75) is 6.42 Å². The number of hydrogen-bond acceptors (Lipinski definition) is 4. The third-order valence-electron chi connectivity index (χ3n) is 2.74. The van der Waals surface area contributed by atoms with Crippen LogP contribution in [0, 0.1) is 5.92 Å². The minimum absolute atomic E-state index is 0.145. The van der Waals surface area contributed by atoms with Crippen LogP contribution >= 0.6 is 0 Å². The fraction of sp³-hybridized carbons (Fsp3) is 0.364. The number of nitrogens with zero attached hydrogens (tertiary/aromatic N) is 1. The summed E-state index contributed by atoms with van der Waals surface area (Å²) >= 11 is 0. The predicted molar refractivity (Wildman–Crippen MR) is 59.5 cm³/mol. The van der Waals surface area contributed by atoms with Gasteiger partial charge >= 0.3 is 5.97 Å². The number of carbonyl (C=O) groups excluding carboxylic acids is 2. The second-order valence-electron chi connectivity index (χ2n) is 3.84. The molecule has 90 valence electrons. The number of nitrogens with one attached hydrogen (secondary N) is 1. The molecule has 0 aliphatic carbocycles. The third kappa shape index (κ3) is 2.20. The Balaban J connectivity index is 2.18. The quantitative estimate of drug-likeness (QED) is 0.727. The largest absolute Gasteiger partial charge is 0.469 e. The summed E-state index contributed by atoms with van der Waals surface area (Å²) in [5, 5.41) is 0. The molecule has 1 fully saturated rings. The van der Waals surface area contributed by atoms with Gasteiger partial charge in [0.2, 0.25) is 11.5 Å². The van der Waals surface area contributed by atoms with Crippen molar-refractivity contribution < 1.29 is 14.3 Å². The number of aromatic amines is 1. The highest BCUT2D eigenvalue weighted by Gasteiger charge is 2.35. The molecule has 1 amide bonds. The number of ether oxygens (including phenoxy) is 1. The van der Waals surface area contributed by atoms with Crippen LogP contribution in [0.5, 0.6) is 0 Å². The van der Waals surface area contributed by atoms with Crippen LogP contribution in [0.1, 0.15) is 6.42 Å². The summed E-state index contributed by atoms with van der Waals surface area (Å²) in [7, 11) is 1.30. The molecule has 1 unspecified atom stereocenters. The van der Waals surface area contributed by atoms with Crippen LogP contribution in [0.15, 0.2) is 23.1 Å². The predicted octanol–water partition coefficient (Wildman–Crippen LogP) is -0.0992. The summed E-state index contributed by atoms with van der Waals surface area (Å²) in [5.74, 6) is -0.961. The van der Waals surface area contributed by atoms with Crippen LogP contribution in [-0.2, 0) is 14.3 Å². The van der Waals surface area contributed by atoms with Crippen LogP contribution in [-0.4, -0.2) is 30.5 Å². The number of H-pyrrole nitrogens is 1. The van der Waals surface area contributed by atoms with Gasteiger partial charge in [-0.2, -0.15) is 0 Å². The van der Waals surface area contributed by atoms with Crippen molar-refractivity contribution in [3.63, 3.8) is 0 Å². The van der Waals surface area contributed by atoms with Gasteiger partial charge in [0, 0.05) is 25.2 Å². The van der Waals surface area contributed by atoms with Crippen molar-refractivity contribution in [2.75, 3.05) is 18.6 Å². The van der Waals surface area contributed by atoms with Crippen LogP contribution in [0.3, 0.4) is 0 Å². The molecule has 2 heterocycles. The molecule has 1 aromatic rings. The van der Waals surface area contributed by atoms with Gasteiger partial charge in [0.1, 0.15) is 0 Å². The summed E-state index contributed by atoms with van der Waals surface area (Å²) in [4.78, 5) is 37.9. The second-order valence-corrected chi connectivity index (χ2v) is 3.84. The molecular formula is C11H12N2O4. The van der Waals surface area contributed by atoms with Crippen molar-refractivity contribution in [1.29, 1.82) is 0 Å². The monoisotopic (exact) mass is 236 g/mol. The van der Waals surface area contributed by atoms with Gasteiger partial charge in [-0.1, -0.05) is 0 Å². The van der Waals surface area contributed by atoms with E-state index < -0.39 is 5.92 Å². The van der Waals surface area contributed by atoms with Crippen molar-refractivity contribution in [3.8, 4) is 0 Å². The highest BCUT2D eigenvalue weighted by atomic mass is 16.5. The van der Waals surface area contributed by atoms with Crippen LogP contribution in [0.4, 0.5) is 5.69 Å². The summed E-state index contributed by atoms with van der Waals surface area (Å²) < 4.78 is 4.61. The minimum Gasteiger partial charge on any atom is -0.469 e. The lowest BCUT2D eigenvalue weighted by Crippen LogP contribution is -2.26. The summed E-state index contributed by atoms with van der Waals surface area (Å²) in [6.45, 7) is 0.289. The molecule has 6 heteroatoms. The number of hydrogen-bond donors (Lipinski definition) is 1. The molecule has 1 aliphatic rings. The fourth-order valence-electron chi connectivity index (χ4n) is 1.85. The molecule has 1 aromatic heterocycles. The van der Waals surface area contributed by atoms with Gasteiger partial charge in [-0.05, 0) is 6.07 Å². The van der Waals surface area contributed by atoms with E-state index in [2.05, 4.69) is 9.72 Å². The van der Waals surface area contributed by atoms with Crippen molar-refractivity contribution in [2.24, 2.45) is 5.92 Å². The first-order valence-electron chi connectivity index (χ1n) is 5.18. The lowest BCUT2D eigenvalue weighted by Gasteiger charge is -2.15. The first-order chi connectivity index (χ1) is 8.11. The SMILES string of the molecule is COC(=O)C1CC(=O)N(c2ccc(=O)[nH]c2)C1. The topological polar surface area (TPSA) is 79.5 Å². The first kappa shape index (κ1) is 11.4. The molecule has 0 bridgehead atoms. The van der Waals surface area contributed by atoms with Crippen LogP contribution < -0.4 is 10.5 Å². The average molecular weight is 236 g/mol. The first-order valence-corrected chi connectivity index (χ1v) is 5.18. The number of pyridine rings is 1. The number of methoxy groups -OCH3 is 1. The molecular weight excluding hydrogens is 224 g/mol. The van der Waals surface area contributed by atoms with E-state index in [4.69, 9.17) is 0 Å². The number of anilines is 1. The van der Waals surface area contributed by atoms with Gasteiger partial charge in [0.25, 0.3) is 0 Å². The molecule has 1 atom stereocenters. The molecule has 2 rings (SSSR count). The van der Waals surface area contributed by atoms with E-state index >= 15 is 0 Å². The Bertz CT molecular complexity index is 488. The molecule has 0 saturated carbocycles. The average Bonchev–Trinajstić information content (AvgIpc) is 2.71. The maximum absolute atomic E-state index is 11.7. The maximum atomic E-state index is 11.7. The van der Waals surface area contributed by atoms with Crippen LogP contribution in [0.25, 0.3) is 0 Å². The molecule has 1 N–H and O–H groups in total. The number of carbonyl (C=O) groups is 2. The standard InChI is InChI=1S/C11H12N2O4/c1-17-11(16)7-4-10(15)13(6-7)8-2-3-9(14)12-5-8/h2-3,5,7H,4,6H2,1H3,(H,12,14). The summed E-state index contributed by atoms with van der Waals surface area (Å²) in [5.41, 5.74) is 0.353. The van der Waals surface area contributed by atoms with Gasteiger partial charge in [-0.25, -0.2) is 0 Å². The Morgan fingerprint density at radius 3 is 2.82 bits per heavy atom. The van der Waals surface area contributed by atoms with Crippen molar-refractivity contribution in [3.05, 3.63) is 28.7 Å². The molecule has 0 aromatic carbocycles. The molecule has 6 nitrogen and oxygen atoms in total. The zero-order valence-corrected chi connectivity index (χ0v) is 9.30. The Morgan fingerprint density at radius 2 is 2.24 bits per heavy atom. The summed E-state index contributed by atoms with van der Waals surface area (Å²) in [6.07, 6.45) is 1.60. The highest BCUT2D eigenvalue weighted by molar-refractivity contribution is 5.99. The zero-order valence-electron chi connectivity index (χ0n) is 9.30. The van der Waals surface area contributed by atoms with Crippen LogP contribution in [0.2, 0.25) is 0 Å². The van der Waals surface area contributed by atoms with E-state index in [1.165, 1.54) is 24.3 Å². The minimum atomic E-state index is -0.431. The lowest BCUT2D eigenvalue weighted by molar-refractivity contribution is -0.145. The molecule has 1 saturated heterocycles. The number of amides is 1. The Labute approximate surface area is 97.2 Å². The fourth-order valence-corrected chi connectivity index (χ4v) is 1.85. The lowest BCUT2D eigenvalue weighted by atomic mass is 10.1. The van der Waals surface area contributed by atoms with E-state index in [-0.39, 0.29) is 30.4 Å². The van der Waals surface area contributed by atoms with Gasteiger partial charge in [0.15, 0.2) is 0 Å². The number of rotatable bonds is 2. The van der Waals surface area contributed by atoms with E-state index in [1.54, 1.807) is 6.07 Å². The molecule has 1 aliphatic heterocycles. The van der Waals surface area contributed by atoms with Crippen molar-refractivity contribution >= 4 is 17.6 Å². The normalized spacial score (nSPS) is 19.5. The van der Waals surface area contributed by atoms with Gasteiger partial charge in [-0.3, -0.25) is 14.4 Å². The molecule has 17 heavy (non-hydrogen) atoms. The zero-order chi connectivity index (χ0) is 12.4. The molecule has 0 spiro atoms. The van der Waals surface area contributed by atoms with Crippen molar-refractivity contribution in [1.82, 2.24) is 4.98 Å². The Morgan fingerprint density at radius 1 is 1.47 bits per heavy atom. The van der Waals surface area contributed by atoms with E-state index in [0.29, 0.717) is 5.69 Å². The number of esters is 1. The maximum Gasteiger partial charge on any atom is 0.311 e. The highest BCUT2D eigenvalue weighted by Crippen LogP contribution is 2.24. The second kappa shape index (κ2) is 4.40. The Kier molecular flexibility index (Phi) is 2.95. The number of aromatic nitrogens is 1.